The Morgan fingerprint density at radius 2 is 2.19 bits per heavy atom. The monoisotopic (exact) mass is 376 g/mol. The molecule has 0 aliphatic carbocycles. The highest BCUT2D eigenvalue weighted by Crippen LogP contribution is 2.28. The largest absolute Gasteiger partial charge is 0.494 e. The van der Waals surface area contributed by atoms with Crippen LogP contribution < -0.4 is 15.6 Å². The highest BCUT2D eigenvalue weighted by Gasteiger charge is 2.28. The second-order valence-electron chi connectivity index (χ2n) is 7.18. The quantitative estimate of drug-likeness (QED) is 0.840. The first kappa shape index (κ1) is 19.8. The first-order valence-electron chi connectivity index (χ1n) is 9.75. The summed E-state index contributed by atoms with van der Waals surface area (Å²) in [6, 6.07) is 3.20. The molecule has 1 aliphatic heterocycles. The zero-order valence-corrected chi connectivity index (χ0v) is 16.6. The van der Waals surface area contributed by atoms with Crippen LogP contribution in [-0.4, -0.2) is 47.2 Å². The molecule has 1 fully saturated rings. The van der Waals surface area contributed by atoms with Crippen LogP contribution in [0, 0.1) is 5.82 Å². The van der Waals surface area contributed by atoms with Crippen molar-refractivity contribution in [2.45, 2.75) is 52.2 Å². The van der Waals surface area contributed by atoms with Crippen LogP contribution in [0.25, 0.3) is 10.9 Å². The molecule has 6 nitrogen and oxygen atoms in total. The molecule has 1 aromatic carbocycles. The van der Waals surface area contributed by atoms with Gasteiger partial charge in [-0.15, -0.1) is 0 Å². The summed E-state index contributed by atoms with van der Waals surface area (Å²) in [5.41, 5.74) is 0.252. The van der Waals surface area contributed by atoms with Gasteiger partial charge in [-0.05, 0) is 26.3 Å². The van der Waals surface area contributed by atoms with Gasteiger partial charge in [0.05, 0.1) is 24.1 Å². The molecule has 0 saturated carbocycles. The molecular formula is C20H29FN4O2. The zero-order chi connectivity index (χ0) is 19.6. The zero-order valence-electron chi connectivity index (χ0n) is 16.6. The number of benzene rings is 1. The molecule has 1 aromatic heterocycles. The van der Waals surface area contributed by atoms with Gasteiger partial charge in [-0.2, -0.15) is 0 Å². The van der Waals surface area contributed by atoms with Crippen molar-refractivity contribution in [2.24, 2.45) is 0 Å². The standard InChI is InChI=1S/C20H29FN4O2/c1-5-7-17(24-9-8-22-13(3)12-24)19-23-16-11-15(21)18(27-4)10-14(16)20(26)25(19)6-2/h10-11,13,17,22H,5-9,12H2,1-4H3/t13-,17-/m1/s1. The molecule has 0 radical (unpaired) electrons. The van der Waals surface area contributed by atoms with Crippen LogP contribution in [-0.2, 0) is 6.54 Å². The van der Waals surface area contributed by atoms with E-state index in [2.05, 4.69) is 24.1 Å². The Morgan fingerprint density at radius 1 is 1.41 bits per heavy atom. The van der Waals surface area contributed by atoms with Crippen molar-refractivity contribution in [2.75, 3.05) is 26.7 Å². The number of methoxy groups -OCH3 is 1. The van der Waals surface area contributed by atoms with E-state index in [0.29, 0.717) is 23.5 Å². The van der Waals surface area contributed by atoms with E-state index in [1.165, 1.54) is 19.2 Å². The molecule has 7 heteroatoms. The number of piperazine rings is 1. The molecular weight excluding hydrogens is 347 g/mol. The van der Waals surface area contributed by atoms with Crippen LogP contribution in [0.5, 0.6) is 5.75 Å². The topological polar surface area (TPSA) is 59.4 Å². The van der Waals surface area contributed by atoms with Crippen LogP contribution in [0.3, 0.4) is 0 Å². The van der Waals surface area contributed by atoms with E-state index < -0.39 is 5.82 Å². The molecule has 1 saturated heterocycles. The van der Waals surface area contributed by atoms with Gasteiger partial charge in [0.1, 0.15) is 5.82 Å². The molecule has 2 aromatic rings. The Kier molecular flexibility index (Phi) is 6.11. The average molecular weight is 376 g/mol. The van der Waals surface area contributed by atoms with Gasteiger partial charge >= 0.3 is 0 Å². The van der Waals surface area contributed by atoms with Gasteiger partial charge in [0.15, 0.2) is 11.6 Å². The summed E-state index contributed by atoms with van der Waals surface area (Å²) in [5.74, 6) is 0.299. The number of halogens is 1. The van der Waals surface area contributed by atoms with Crippen LogP contribution in [0.2, 0.25) is 0 Å². The lowest BCUT2D eigenvalue weighted by atomic mass is 10.1. The summed E-state index contributed by atoms with van der Waals surface area (Å²) in [4.78, 5) is 20.3. The van der Waals surface area contributed by atoms with Gasteiger partial charge in [0, 0.05) is 38.3 Å². The maximum Gasteiger partial charge on any atom is 0.261 e. The Balaban J connectivity index is 2.16. The number of nitrogens with zero attached hydrogens (tertiary/aromatic N) is 3. The van der Waals surface area contributed by atoms with Gasteiger partial charge in [-0.3, -0.25) is 14.3 Å². The van der Waals surface area contributed by atoms with E-state index in [9.17, 15) is 9.18 Å². The van der Waals surface area contributed by atoms with E-state index in [1.807, 2.05) is 6.92 Å². The molecule has 27 heavy (non-hydrogen) atoms. The molecule has 0 spiro atoms. The SMILES string of the molecule is CCC[C@H](c1nc2cc(F)c(OC)cc2c(=O)n1CC)N1CCN[C@H](C)C1. The fourth-order valence-corrected chi connectivity index (χ4v) is 3.95. The van der Waals surface area contributed by atoms with E-state index in [0.717, 1.165) is 38.3 Å². The van der Waals surface area contributed by atoms with Crippen molar-refractivity contribution in [1.29, 1.82) is 0 Å². The van der Waals surface area contributed by atoms with Crippen LogP contribution in [0.4, 0.5) is 4.39 Å². The van der Waals surface area contributed by atoms with E-state index in [4.69, 9.17) is 9.72 Å². The maximum absolute atomic E-state index is 14.2. The summed E-state index contributed by atoms with van der Waals surface area (Å²) in [5, 5.41) is 3.85. The van der Waals surface area contributed by atoms with Crippen molar-refractivity contribution >= 4 is 10.9 Å². The maximum atomic E-state index is 14.2. The summed E-state index contributed by atoms with van der Waals surface area (Å²) in [6.45, 7) is 9.50. The summed E-state index contributed by atoms with van der Waals surface area (Å²) >= 11 is 0. The Hall–Kier alpha value is -1.99. The first-order valence-corrected chi connectivity index (χ1v) is 9.75. The van der Waals surface area contributed by atoms with Crippen LogP contribution in [0.15, 0.2) is 16.9 Å². The van der Waals surface area contributed by atoms with Crippen molar-refractivity contribution in [3.63, 3.8) is 0 Å². The summed E-state index contributed by atoms with van der Waals surface area (Å²) in [7, 11) is 1.40. The molecule has 2 heterocycles. The predicted molar refractivity (Wildman–Crippen MR) is 105 cm³/mol. The highest BCUT2D eigenvalue weighted by atomic mass is 19.1. The normalized spacial score (nSPS) is 19.4. The van der Waals surface area contributed by atoms with Crippen molar-refractivity contribution in [3.8, 4) is 5.75 Å². The molecule has 0 bridgehead atoms. The van der Waals surface area contributed by atoms with Gasteiger partial charge < -0.3 is 10.1 Å². The fourth-order valence-electron chi connectivity index (χ4n) is 3.95. The second kappa shape index (κ2) is 8.35. The predicted octanol–water partition coefficient (Wildman–Crippen LogP) is 2.70. The van der Waals surface area contributed by atoms with Gasteiger partial charge in [0.2, 0.25) is 0 Å². The number of fused-ring (bicyclic) bond motifs is 1. The van der Waals surface area contributed by atoms with Gasteiger partial charge in [-0.25, -0.2) is 9.37 Å². The van der Waals surface area contributed by atoms with E-state index in [1.54, 1.807) is 4.57 Å². The Morgan fingerprint density at radius 3 is 2.81 bits per heavy atom. The lowest BCUT2D eigenvalue weighted by Gasteiger charge is -2.38. The van der Waals surface area contributed by atoms with Crippen molar-refractivity contribution < 1.29 is 9.13 Å². The Bertz CT molecular complexity index is 867. The molecule has 148 valence electrons. The summed E-state index contributed by atoms with van der Waals surface area (Å²) < 4.78 is 21.0. The smallest absolute Gasteiger partial charge is 0.261 e. The minimum Gasteiger partial charge on any atom is -0.494 e. The third-order valence-corrected chi connectivity index (χ3v) is 5.27. The number of hydrogen-bond donors (Lipinski definition) is 1. The fraction of sp³-hybridized carbons (Fsp3) is 0.600. The van der Waals surface area contributed by atoms with Crippen LogP contribution in [0.1, 0.15) is 45.5 Å². The third kappa shape index (κ3) is 3.84. The number of aromatic nitrogens is 2. The van der Waals surface area contributed by atoms with Crippen molar-refractivity contribution in [1.82, 2.24) is 19.8 Å². The lowest BCUT2D eigenvalue weighted by molar-refractivity contribution is 0.132. The molecule has 1 aliphatic rings. The molecule has 2 atom stereocenters. The van der Waals surface area contributed by atoms with E-state index >= 15 is 0 Å². The minimum absolute atomic E-state index is 0.0433. The highest BCUT2D eigenvalue weighted by molar-refractivity contribution is 5.79. The van der Waals surface area contributed by atoms with Gasteiger partial charge in [-0.1, -0.05) is 13.3 Å². The second-order valence-corrected chi connectivity index (χ2v) is 7.18. The average Bonchev–Trinajstić information content (AvgIpc) is 2.65. The number of rotatable bonds is 6. The molecule has 0 amide bonds. The number of ether oxygens (including phenoxy) is 1. The number of nitrogens with one attached hydrogen (secondary N) is 1. The van der Waals surface area contributed by atoms with Crippen LogP contribution >= 0.6 is 0 Å². The minimum atomic E-state index is -0.500. The van der Waals surface area contributed by atoms with E-state index in [-0.39, 0.29) is 17.4 Å². The first-order chi connectivity index (χ1) is 13.0. The van der Waals surface area contributed by atoms with Crippen molar-refractivity contribution in [3.05, 3.63) is 34.1 Å². The molecule has 3 rings (SSSR count). The number of hydrogen-bond acceptors (Lipinski definition) is 5. The lowest BCUT2D eigenvalue weighted by Crippen LogP contribution is -2.51. The molecule has 0 unspecified atom stereocenters. The van der Waals surface area contributed by atoms with Gasteiger partial charge in [0.25, 0.3) is 5.56 Å². The summed E-state index contributed by atoms with van der Waals surface area (Å²) in [6.07, 6.45) is 1.89. The third-order valence-electron chi connectivity index (χ3n) is 5.27. The Labute approximate surface area is 159 Å². The molecule has 1 N–H and O–H groups in total.